The Bertz CT molecular complexity index is 642. The van der Waals surface area contributed by atoms with Crippen molar-refractivity contribution in [3.63, 3.8) is 0 Å². The molecule has 0 aliphatic carbocycles. The predicted molar refractivity (Wildman–Crippen MR) is 102 cm³/mol. The molecule has 1 aromatic heterocycles. The van der Waals surface area contributed by atoms with Gasteiger partial charge >= 0.3 is 0 Å². The molecule has 1 amide bonds. The third-order valence-electron chi connectivity index (χ3n) is 4.83. The number of carbonyl (C=O) groups excluding carboxylic acids is 1. The Labute approximate surface area is 155 Å². The molecule has 0 radical (unpaired) electrons. The van der Waals surface area contributed by atoms with E-state index in [0.29, 0.717) is 19.5 Å². The predicted octanol–water partition coefficient (Wildman–Crippen LogP) is 2.06. The first-order valence-corrected chi connectivity index (χ1v) is 11.7. The zero-order valence-electron chi connectivity index (χ0n) is 15.3. The highest BCUT2D eigenvalue weighted by molar-refractivity contribution is 7.88. The van der Waals surface area contributed by atoms with E-state index < -0.39 is 16.1 Å². The molecule has 25 heavy (non-hydrogen) atoms. The van der Waals surface area contributed by atoms with Crippen molar-refractivity contribution in [3.05, 3.63) is 22.4 Å². The summed E-state index contributed by atoms with van der Waals surface area (Å²) in [5.41, 5.74) is 1.19. The van der Waals surface area contributed by atoms with Crippen molar-refractivity contribution in [1.29, 1.82) is 0 Å². The Morgan fingerprint density at radius 2 is 2.12 bits per heavy atom. The normalized spacial score (nSPS) is 20.6. The molecule has 142 valence electrons. The van der Waals surface area contributed by atoms with Gasteiger partial charge in [-0.3, -0.25) is 9.69 Å². The lowest BCUT2D eigenvalue weighted by atomic mass is 10.0. The molecule has 8 heteroatoms. The molecule has 2 unspecified atom stereocenters. The Kier molecular flexibility index (Phi) is 7.42. The van der Waals surface area contributed by atoms with Crippen LogP contribution >= 0.6 is 11.3 Å². The Morgan fingerprint density at radius 1 is 1.40 bits per heavy atom. The minimum absolute atomic E-state index is 0.112. The number of sulfonamides is 1. The van der Waals surface area contributed by atoms with Gasteiger partial charge in [-0.1, -0.05) is 20.3 Å². The summed E-state index contributed by atoms with van der Waals surface area (Å²) < 4.78 is 25.3. The molecular formula is C17H29N3O3S2. The number of piperidine rings is 1. The molecule has 1 aromatic rings. The standard InChI is InChI=1S/C17H29N3O3S2/c1-4-19(5-2)16(14-9-11-24-13-14)12-18-17(21)15-8-6-7-10-20(15)25(3,22)23/h9,11,13,15-16H,4-8,10,12H2,1-3H3,(H,18,21). The zero-order chi connectivity index (χ0) is 18.4. The number of likely N-dealkylation sites (N-methyl/N-ethyl adjacent to an activating group) is 1. The van der Waals surface area contributed by atoms with E-state index in [1.165, 1.54) is 16.1 Å². The van der Waals surface area contributed by atoms with Gasteiger partial charge in [0.15, 0.2) is 0 Å². The monoisotopic (exact) mass is 387 g/mol. The number of carbonyl (C=O) groups is 1. The van der Waals surface area contributed by atoms with Crippen LogP contribution in [0.15, 0.2) is 16.8 Å². The fourth-order valence-corrected chi connectivity index (χ4v) is 5.30. The van der Waals surface area contributed by atoms with Crippen LogP contribution in [0.5, 0.6) is 0 Å². The summed E-state index contributed by atoms with van der Waals surface area (Å²) in [5, 5.41) is 7.16. The number of rotatable bonds is 8. The molecule has 2 heterocycles. The number of nitrogens with zero attached hydrogens (tertiary/aromatic N) is 2. The Balaban J connectivity index is 2.07. The maximum absolute atomic E-state index is 12.7. The van der Waals surface area contributed by atoms with Gasteiger partial charge in [0.2, 0.25) is 15.9 Å². The second kappa shape index (κ2) is 9.12. The molecule has 1 aliphatic rings. The van der Waals surface area contributed by atoms with Crippen LogP contribution in [0.4, 0.5) is 0 Å². The smallest absolute Gasteiger partial charge is 0.238 e. The van der Waals surface area contributed by atoms with E-state index >= 15 is 0 Å². The minimum atomic E-state index is -3.36. The summed E-state index contributed by atoms with van der Waals surface area (Å²) in [4.78, 5) is 15.0. The average Bonchev–Trinajstić information content (AvgIpc) is 3.11. The van der Waals surface area contributed by atoms with Crippen LogP contribution in [0.1, 0.15) is 44.7 Å². The molecule has 2 rings (SSSR count). The number of thiophene rings is 1. The second-order valence-corrected chi connectivity index (χ2v) is 9.14. The quantitative estimate of drug-likeness (QED) is 0.741. The number of hydrogen-bond acceptors (Lipinski definition) is 5. The molecule has 0 aromatic carbocycles. The highest BCUT2D eigenvalue weighted by Gasteiger charge is 2.34. The van der Waals surface area contributed by atoms with Gasteiger partial charge in [-0.2, -0.15) is 15.6 Å². The number of nitrogens with one attached hydrogen (secondary N) is 1. The molecular weight excluding hydrogens is 358 g/mol. The summed E-state index contributed by atoms with van der Waals surface area (Å²) in [6.07, 6.45) is 3.47. The van der Waals surface area contributed by atoms with Crippen molar-refractivity contribution >= 4 is 27.3 Å². The summed E-state index contributed by atoms with van der Waals surface area (Å²) in [5.74, 6) is -0.183. The molecule has 1 saturated heterocycles. The number of amides is 1. The third-order valence-corrected chi connectivity index (χ3v) is 6.82. The van der Waals surface area contributed by atoms with Crippen molar-refractivity contribution < 1.29 is 13.2 Å². The van der Waals surface area contributed by atoms with Crippen molar-refractivity contribution in [2.45, 2.75) is 45.2 Å². The zero-order valence-corrected chi connectivity index (χ0v) is 16.9. The highest BCUT2D eigenvalue weighted by atomic mass is 32.2. The van der Waals surface area contributed by atoms with Crippen molar-refractivity contribution in [1.82, 2.24) is 14.5 Å². The molecule has 6 nitrogen and oxygen atoms in total. The first kappa shape index (κ1) is 20.4. The fourth-order valence-electron chi connectivity index (χ4n) is 3.47. The lowest BCUT2D eigenvalue weighted by molar-refractivity contribution is -0.126. The van der Waals surface area contributed by atoms with Crippen LogP contribution in [0, 0.1) is 0 Å². The summed E-state index contributed by atoms with van der Waals surface area (Å²) >= 11 is 1.65. The Morgan fingerprint density at radius 3 is 2.68 bits per heavy atom. The van der Waals surface area contributed by atoms with E-state index in [-0.39, 0.29) is 11.9 Å². The van der Waals surface area contributed by atoms with Gasteiger partial charge in [-0.25, -0.2) is 8.42 Å². The van der Waals surface area contributed by atoms with Crippen LogP contribution in [0.25, 0.3) is 0 Å². The third kappa shape index (κ3) is 5.26. The summed E-state index contributed by atoms with van der Waals surface area (Å²) in [6.45, 7) is 6.93. The van der Waals surface area contributed by atoms with Crippen LogP contribution in [0.3, 0.4) is 0 Å². The molecule has 1 aliphatic heterocycles. The number of hydrogen-bond donors (Lipinski definition) is 1. The fraction of sp³-hybridized carbons (Fsp3) is 0.706. The van der Waals surface area contributed by atoms with Gasteiger partial charge in [-0.05, 0) is 48.3 Å². The largest absolute Gasteiger partial charge is 0.353 e. The molecule has 0 bridgehead atoms. The first-order chi connectivity index (χ1) is 11.9. The van der Waals surface area contributed by atoms with Gasteiger partial charge < -0.3 is 5.32 Å². The Hall–Kier alpha value is -0.960. The van der Waals surface area contributed by atoms with E-state index in [9.17, 15) is 13.2 Å². The van der Waals surface area contributed by atoms with Gasteiger partial charge in [0.25, 0.3) is 0 Å². The van der Waals surface area contributed by atoms with E-state index in [1.54, 1.807) is 11.3 Å². The molecule has 1 fully saturated rings. The van der Waals surface area contributed by atoms with Crippen LogP contribution < -0.4 is 5.32 Å². The topological polar surface area (TPSA) is 69.7 Å². The second-order valence-electron chi connectivity index (χ2n) is 6.42. The SMILES string of the molecule is CCN(CC)C(CNC(=O)C1CCCCN1S(C)(=O)=O)c1ccsc1. The van der Waals surface area contributed by atoms with Crippen molar-refractivity contribution in [2.24, 2.45) is 0 Å². The molecule has 0 saturated carbocycles. The van der Waals surface area contributed by atoms with Gasteiger partial charge in [0.05, 0.1) is 12.3 Å². The van der Waals surface area contributed by atoms with Crippen molar-refractivity contribution in [3.8, 4) is 0 Å². The van der Waals surface area contributed by atoms with Gasteiger partial charge in [0, 0.05) is 13.1 Å². The van der Waals surface area contributed by atoms with Crippen LogP contribution in [-0.2, 0) is 14.8 Å². The lowest BCUT2D eigenvalue weighted by Crippen LogP contribution is -2.52. The average molecular weight is 388 g/mol. The first-order valence-electron chi connectivity index (χ1n) is 8.89. The minimum Gasteiger partial charge on any atom is -0.353 e. The maximum Gasteiger partial charge on any atom is 0.238 e. The molecule has 1 N–H and O–H groups in total. The maximum atomic E-state index is 12.7. The van der Waals surface area contributed by atoms with E-state index in [0.717, 1.165) is 25.9 Å². The molecule has 0 spiro atoms. The van der Waals surface area contributed by atoms with Gasteiger partial charge in [-0.15, -0.1) is 0 Å². The van der Waals surface area contributed by atoms with E-state index in [1.807, 2.05) is 5.38 Å². The van der Waals surface area contributed by atoms with Crippen LogP contribution in [-0.4, -0.2) is 62.0 Å². The highest BCUT2D eigenvalue weighted by Crippen LogP contribution is 2.23. The van der Waals surface area contributed by atoms with E-state index in [2.05, 4.69) is 35.5 Å². The summed E-state index contributed by atoms with van der Waals surface area (Å²) in [7, 11) is -3.36. The lowest BCUT2D eigenvalue weighted by Gasteiger charge is -2.34. The van der Waals surface area contributed by atoms with Crippen LogP contribution in [0.2, 0.25) is 0 Å². The molecule has 2 atom stereocenters. The summed E-state index contributed by atoms with van der Waals surface area (Å²) in [6, 6.07) is 1.62. The van der Waals surface area contributed by atoms with Gasteiger partial charge in [0.1, 0.15) is 6.04 Å². The van der Waals surface area contributed by atoms with Crippen molar-refractivity contribution in [2.75, 3.05) is 32.4 Å². The van der Waals surface area contributed by atoms with E-state index in [4.69, 9.17) is 0 Å².